The number of carbonyl (C=O) groups is 2. The fourth-order valence-electron chi connectivity index (χ4n) is 1.23. The number of benzene rings is 1. The molecule has 1 rings (SSSR count). The number of ketones is 1. The van der Waals surface area contributed by atoms with Crippen molar-refractivity contribution in [2.75, 3.05) is 6.61 Å². The molecule has 0 spiro atoms. The molecule has 0 aliphatic carbocycles. The number of carbonyl (C=O) groups excluding carboxylic acids is 1. The van der Waals surface area contributed by atoms with Crippen molar-refractivity contribution in [3.05, 3.63) is 40.9 Å². The van der Waals surface area contributed by atoms with Gasteiger partial charge >= 0.3 is 5.97 Å². The first-order valence-corrected chi connectivity index (χ1v) is 5.80. The zero-order valence-corrected chi connectivity index (χ0v) is 10.6. The van der Waals surface area contributed by atoms with Crippen LogP contribution in [0.3, 0.4) is 0 Å². The first-order valence-electron chi connectivity index (χ1n) is 5.42. The summed E-state index contributed by atoms with van der Waals surface area (Å²) in [6.45, 7) is 2.52. The monoisotopic (exact) mass is 268 g/mol. The fourth-order valence-corrected chi connectivity index (χ4v) is 1.46. The number of hydrogen-bond acceptors (Lipinski definition) is 3. The van der Waals surface area contributed by atoms with Crippen LogP contribution < -0.4 is 4.74 Å². The van der Waals surface area contributed by atoms with Crippen LogP contribution in [0.1, 0.15) is 23.7 Å². The van der Waals surface area contributed by atoms with Gasteiger partial charge in [0.1, 0.15) is 5.75 Å². The SMILES string of the molecule is CCCOc1ccc(C(=O)/C=C/C(=O)O)cc1Cl. The first kappa shape index (κ1) is 14.3. The highest BCUT2D eigenvalue weighted by Gasteiger charge is 2.07. The van der Waals surface area contributed by atoms with Crippen molar-refractivity contribution >= 4 is 23.4 Å². The number of allylic oxidation sites excluding steroid dienone is 1. The maximum absolute atomic E-state index is 11.6. The Labute approximate surface area is 110 Å². The van der Waals surface area contributed by atoms with Gasteiger partial charge in [0.25, 0.3) is 0 Å². The lowest BCUT2D eigenvalue weighted by atomic mass is 10.1. The van der Waals surface area contributed by atoms with Gasteiger partial charge < -0.3 is 9.84 Å². The first-order chi connectivity index (χ1) is 8.54. The topological polar surface area (TPSA) is 63.6 Å². The van der Waals surface area contributed by atoms with E-state index in [1.54, 1.807) is 12.1 Å². The molecular formula is C13H13ClO4. The molecule has 0 unspecified atom stereocenters. The predicted molar refractivity (Wildman–Crippen MR) is 68.3 cm³/mol. The van der Waals surface area contributed by atoms with Gasteiger partial charge in [0.05, 0.1) is 11.6 Å². The molecule has 0 aliphatic heterocycles. The van der Waals surface area contributed by atoms with E-state index in [2.05, 4.69) is 0 Å². The van der Waals surface area contributed by atoms with Crippen molar-refractivity contribution in [1.29, 1.82) is 0 Å². The van der Waals surface area contributed by atoms with Crippen LogP contribution in [0, 0.1) is 0 Å². The van der Waals surface area contributed by atoms with Crippen LogP contribution in [0.25, 0.3) is 0 Å². The average molecular weight is 269 g/mol. The second kappa shape index (κ2) is 6.81. The van der Waals surface area contributed by atoms with Crippen LogP contribution >= 0.6 is 11.6 Å². The molecule has 5 heteroatoms. The fraction of sp³-hybridized carbons (Fsp3) is 0.231. The van der Waals surface area contributed by atoms with Crippen molar-refractivity contribution in [2.45, 2.75) is 13.3 Å². The number of aliphatic carboxylic acids is 1. The summed E-state index contributed by atoms with van der Waals surface area (Å²) < 4.78 is 5.36. The Morgan fingerprint density at radius 3 is 2.67 bits per heavy atom. The van der Waals surface area contributed by atoms with Gasteiger partial charge in [0.2, 0.25) is 0 Å². The molecular weight excluding hydrogens is 256 g/mol. The Kier molecular flexibility index (Phi) is 5.39. The van der Waals surface area contributed by atoms with Crippen molar-refractivity contribution < 1.29 is 19.4 Å². The van der Waals surface area contributed by atoms with Gasteiger partial charge in [-0.05, 0) is 30.7 Å². The molecule has 0 saturated carbocycles. The molecule has 1 aromatic carbocycles. The molecule has 0 bridgehead atoms. The zero-order chi connectivity index (χ0) is 13.5. The predicted octanol–water partition coefficient (Wildman–Crippen LogP) is 2.95. The second-order valence-electron chi connectivity index (χ2n) is 3.53. The minimum Gasteiger partial charge on any atom is -0.492 e. The highest BCUT2D eigenvalue weighted by Crippen LogP contribution is 2.25. The number of carboxylic acid groups (broad SMARTS) is 1. The van der Waals surface area contributed by atoms with Crippen molar-refractivity contribution in [2.24, 2.45) is 0 Å². The summed E-state index contributed by atoms with van der Waals surface area (Å²) in [6, 6.07) is 4.60. The van der Waals surface area contributed by atoms with Gasteiger partial charge in [-0.25, -0.2) is 4.79 Å². The molecule has 4 nitrogen and oxygen atoms in total. The maximum Gasteiger partial charge on any atom is 0.328 e. The van der Waals surface area contributed by atoms with Crippen LogP contribution in [0.5, 0.6) is 5.75 Å². The van der Waals surface area contributed by atoms with Gasteiger partial charge in [-0.3, -0.25) is 4.79 Å². The van der Waals surface area contributed by atoms with E-state index in [1.807, 2.05) is 6.92 Å². The highest BCUT2D eigenvalue weighted by molar-refractivity contribution is 6.32. The van der Waals surface area contributed by atoms with Crippen molar-refractivity contribution in [1.82, 2.24) is 0 Å². The van der Waals surface area contributed by atoms with Crippen LogP contribution in [0.2, 0.25) is 5.02 Å². The Hall–Kier alpha value is -1.81. The molecule has 0 atom stereocenters. The smallest absolute Gasteiger partial charge is 0.328 e. The average Bonchev–Trinajstić information content (AvgIpc) is 2.34. The Balaban J connectivity index is 2.83. The van der Waals surface area contributed by atoms with E-state index in [9.17, 15) is 9.59 Å². The molecule has 0 heterocycles. The molecule has 18 heavy (non-hydrogen) atoms. The number of hydrogen-bond donors (Lipinski definition) is 1. The van der Waals surface area contributed by atoms with Gasteiger partial charge in [-0.1, -0.05) is 18.5 Å². The Bertz CT molecular complexity index is 480. The normalized spacial score (nSPS) is 10.6. The minimum absolute atomic E-state index is 0.321. The summed E-state index contributed by atoms with van der Waals surface area (Å²) in [5.74, 6) is -1.07. The van der Waals surface area contributed by atoms with E-state index in [0.717, 1.165) is 18.6 Å². The summed E-state index contributed by atoms with van der Waals surface area (Å²) in [7, 11) is 0. The lowest BCUT2D eigenvalue weighted by Crippen LogP contribution is -1.99. The summed E-state index contributed by atoms with van der Waals surface area (Å²) in [4.78, 5) is 21.9. The summed E-state index contributed by atoms with van der Waals surface area (Å²) in [5.41, 5.74) is 0.321. The molecule has 0 amide bonds. The van der Waals surface area contributed by atoms with Gasteiger partial charge in [0, 0.05) is 11.6 Å². The highest BCUT2D eigenvalue weighted by atomic mass is 35.5. The molecule has 0 aliphatic rings. The molecule has 0 saturated heterocycles. The van der Waals surface area contributed by atoms with Gasteiger partial charge in [-0.2, -0.15) is 0 Å². The zero-order valence-electron chi connectivity index (χ0n) is 9.85. The van der Waals surface area contributed by atoms with E-state index < -0.39 is 11.8 Å². The molecule has 0 radical (unpaired) electrons. The van der Waals surface area contributed by atoms with Crippen LogP contribution in [0.4, 0.5) is 0 Å². The van der Waals surface area contributed by atoms with E-state index >= 15 is 0 Å². The second-order valence-corrected chi connectivity index (χ2v) is 3.94. The van der Waals surface area contributed by atoms with Gasteiger partial charge in [0.15, 0.2) is 5.78 Å². The lowest BCUT2D eigenvalue weighted by molar-refractivity contribution is -0.131. The molecule has 1 aromatic rings. The quantitative estimate of drug-likeness (QED) is 0.636. The third-order valence-corrected chi connectivity index (χ3v) is 2.35. The van der Waals surface area contributed by atoms with E-state index in [-0.39, 0.29) is 0 Å². The number of ether oxygens (including phenoxy) is 1. The maximum atomic E-state index is 11.6. The van der Waals surface area contributed by atoms with Crippen LogP contribution in [-0.4, -0.2) is 23.5 Å². The summed E-state index contributed by atoms with van der Waals surface area (Å²) in [6.07, 6.45) is 2.64. The summed E-state index contributed by atoms with van der Waals surface area (Å²) in [5, 5.41) is 8.75. The molecule has 1 N–H and O–H groups in total. The van der Waals surface area contributed by atoms with Crippen LogP contribution in [0.15, 0.2) is 30.4 Å². The van der Waals surface area contributed by atoms with Crippen LogP contribution in [-0.2, 0) is 4.79 Å². The number of halogens is 1. The number of carboxylic acids is 1. The Morgan fingerprint density at radius 2 is 2.11 bits per heavy atom. The number of rotatable bonds is 6. The molecule has 96 valence electrons. The summed E-state index contributed by atoms with van der Waals surface area (Å²) >= 11 is 5.95. The third-order valence-electron chi connectivity index (χ3n) is 2.06. The Morgan fingerprint density at radius 1 is 1.39 bits per heavy atom. The van der Waals surface area contributed by atoms with E-state index in [4.69, 9.17) is 21.4 Å². The molecule has 0 aromatic heterocycles. The van der Waals surface area contributed by atoms with E-state index in [0.29, 0.717) is 22.9 Å². The lowest BCUT2D eigenvalue weighted by Gasteiger charge is -2.07. The molecule has 0 fully saturated rings. The van der Waals surface area contributed by atoms with Crippen molar-refractivity contribution in [3.8, 4) is 5.75 Å². The minimum atomic E-state index is -1.17. The van der Waals surface area contributed by atoms with Gasteiger partial charge in [-0.15, -0.1) is 0 Å². The van der Waals surface area contributed by atoms with E-state index in [1.165, 1.54) is 6.07 Å². The largest absolute Gasteiger partial charge is 0.492 e. The van der Waals surface area contributed by atoms with Crippen molar-refractivity contribution in [3.63, 3.8) is 0 Å². The standard InChI is InChI=1S/C13H13ClO4/c1-2-7-18-12-5-3-9(8-10(12)14)11(15)4-6-13(16)17/h3-6,8H,2,7H2,1H3,(H,16,17)/b6-4+. The third kappa shape index (κ3) is 4.22.